The van der Waals surface area contributed by atoms with Crippen LogP contribution in [0.15, 0.2) is 48.5 Å². The Balaban J connectivity index is 1.95. The van der Waals surface area contributed by atoms with Crippen molar-refractivity contribution >= 4 is 5.91 Å². The van der Waals surface area contributed by atoms with Gasteiger partial charge in [-0.25, -0.2) is 0 Å². The summed E-state index contributed by atoms with van der Waals surface area (Å²) in [5, 5.41) is 3.03. The highest BCUT2D eigenvalue weighted by Gasteiger charge is 2.07. The van der Waals surface area contributed by atoms with Gasteiger partial charge in [0, 0.05) is 13.1 Å². The maximum absolute atomic E-state index is 12.1. The average molecular weight is 296 g/mol. The van der Waals surface area contributed by atoms with Crippen LogP contribution in [0.3, 0.4) is 0 Å². The molecule has 0 aromatic heterocycles. The predicted octanol–water partition coefficient (Wildman–Crippen LogP) is 2.92. The molecule has 0 aliphatic rings. The Kier molecular flexibility index (Phi) is 5.73. The van der Waals surface area contributed by atoms with Crippen molar-refractivity contribution in [3.8, 4) is 0 Å². The molecule has 116 valence electrons. The van der Waals surface area contributed by atoms with Crippen molar-refractivity contribution in [3.05, 3.63) is 70.8 Å². The minimum atomic E-state index is 0.0638. The molecule has 0 saturated carbocycles. The van der Waals surface area contributed by atoms with Crippen LogP contribution >= 0.6 is 0 Å². The number of nitrogens with one attached hydrogen (secondary N) is 1. The first-order chi connectivity index (χ1) is 10.6. The van der Waals surface area contributed by atoms with Crippen molar-refractivity contribution in [2.45, 2.75) is 26.4 Å². The number of hydrogen-bond acceptors (Lipinski definition) is 2. The van der Waals surface area contributed by atoms with E-state index in [9.17, 15) is 4.79 Å². The van der Waals surface area contributed by atoms with E-state index in [-0.39, 0.29) is 5.91 Å². The van der Waals surface area contributed by atoms with Gasteiger partial charge in [-0.3, -0.25) is 4.79 Å². The van der Waals surface area contributed by atoms with E-state index in [0.29, 0.717) is 13.0 Å². The summed E-state index contributed by atoms with van der Waals surface area (Å²) in [5.74, 6) is 0.0638. The summed E-state index contributed by atoms with van der Waals surface area (Å²) >= 11 is 0. The zero-order valence-corrected chi connectivity index (χ0v) is 13.6. The number of nitrogens with zero attached hydrogens (tertiary/aromatic N) is 1. The molecular formula is C19H24N2O. The van der Waals surface area contributed by atoms with Gasteiger partial charge in [0.2, 0.25) is 5.91 Å². The average Bonchev–Trinajstić information content (AvgIpc) is 2.48. The van der Waals surface area contributed by atoms with Gasteiger partial charge in [-0.05, 0) is 43.3 Å². The van der Waals surface area contributed by atoms with E-state index in [0.717, 1.165) is 17.7 Å². The van der Waals surface area contributed by atoms with Crippen molar-refractivity contribution in [1.29, 1.82) is 0 Å². The summed E-state index contributed by atoms with van der Waals surface area (Å²) in [6.45, 7) is 3.49. The first-order valence-electron chi connectivity index (χ1n) is 7.59. The molecule has 2 rings (SSSR count). The Hall–Kier alpha value is -2.13. The Bertz CT molecular complexity index is 635. The van der Waals surface area contributed by atoms with Crippen molar-refractivity contribution in [3.63, 3.8) is 0 Å². The Labute approximate surface area is 133 Å². The molecule has 0 atom stereocenters. The first kappa shape index (κ1) is 16.2. The topological polar surface area (TPSA) is 32.3 Å². The summed E-state index contributed by atoms with van der Waals surface area (Å²) in [6, 6.07) is 16.3. The van der Waals surface area contributed by atoms with E-state index in [1.807, 2.05) is 57.4 Å². The Morgan fingerprint density at radius 2 is 1.55 bits per heavy atom. The molecule has 1 N–H and O–H groups in total. The van der Waals surface area contributed by atoms with Crippen LogP contribution in [0, 0.1) is 6.92 Å². The summed E-state index contributed by atoms with van der Waals surface area (Å²) in [4.78, 5) is 14.3. The van der Waals surface area contributed by atoms with Gasteiger partial charge in [-0.2, -0.15) is 0 Å². The van der Waals surface area contributed by atoms with Crippen LogP contribution in [0.25, 0.3) is 0 Å². The molecule has 2 aromatic rings. The fourth-order valence-corrected chi connectivity index (χ4v) is 2.46. The summed E-state index contributed by atoms with van der Waals surface area (Å²) < 4.78 is 0. The summed E-state index contributed by atoms with van der Waals surface area (Å²) in [5.41, 5.74) is 4.67. The van der Waals surface area contributed by atoms with Gasteiger partial charge in [0.1, 0.15) is 0 Å². The normalized spacial score (nSPS) is 10.7. The van der Waals surface area contributed by atoms with E-state index in [4.69, 9.17) is 0 Å². The number of aryl methyl sites for hydroxylation is 1. The molecule has 0 unspecified atom stereocenters. The standard InChI is InChI=1S/C19H24N2O/c1-15-8-4-5-9-16(15)12-19(22)20-13-17-10-6-7-11-18(17)14-21(2)3/h4-11H,12-14H2,1-3H3,(H,20,22). The fourth-order valence-electron chi connectivity index (χ4n) is 2.46. The van der Waals surface area contributed by atoms with E-state index in [1.54, 1.807) is 0 Å². The third kappa shape index (κ3) is 4.71. The number of carbonyl (C=O) groups excluding carboxylic acids is 1. The van der Waals surface area contributed by atoms with Crippen molar-refractivity contribution in [1.82, 2.24) is 10.2 Å². The highest BCUT2D eigenvalue weighted by atomic mass is 16.1. The maximum atomic E-state index is 12.1. The predicted molar refractivity (Wildman–Crippen MR) is 90.6 cm³/mol. The highest BCUT2D eigenvalue weighted by Crippen LogP contribution is 2.11. The van der Waals surface area contributed by atoms with Gasteiger partial charge in [0.25, 0.3) is 0 Å². The number of rotatable bonds is 6. The first-order valence-corrected chi connectivity index (χ1v) is 7.59. The van der Waals surface area contributed by atoms with Crippen molar-refractivity contribution in [2.24, 2.45) is 0 Å². The second-order valence-corrected chi connectivity index (χ2v) is 5.89. The molecule has 3 nitrogen and oxygen atoms in total. The zero-order valence-electron chi connectivity index (χ0n) is 13.6. The monoisotopic (exact) mass is 296 g/mol. The van der Waals surface area contributed by atoms with Gasteiger partial charge < -0.3 is 10.2 Å². The second kappa shape index (κ2) is 7.76. The molecule has 0 spiro atoms. The minimum Gasteiger partial charge on any atom is -0.352 e. The van der Waals surface area contributed by atoms with E-state index >= 15 is 0 Å². The molecule has 2 aromatic carbocycles. The number of carbonyl (C=O) groups is 1. The molecular weight excluding hydrogens is 272 g/mol. The molecule has 0 aliphatic heterocycles. The Morgan fingerprint density at radius 1 is 0.955 bits per heavy atom. The number of amides is 1. The molecule has 1 amide bonds. The van der Waals surface area contributed by atoms with Gasteiger partial charge in [-0.1, -0.05) is 48.5 Å². The van der Waals surface area contributed by atoms with Crippen LogP contribution in [0.5, 0.6) is 0 Å². The lowest BCUT2D eigenvalue weighted by molar-refractivity contribution is -0.120. The van der Waals surface area contributed by atoms with Gasteiger partial charge in [-0.15, -0.1) is 0 Å². The lowest BCUT2D eigenvalue weighted by Gasteiger charge is -2.15. The van der Waals surface area contributed by atoms with E-state index in [1.165, 1.54) is 11.1 Å². The van der Waals surface area contributed by atoms with Crippen molar-refractivity contribution < 1.29 is 4.79 Å². The Morgan fingerprint density at radius 3 is 2.18 bits per heavy atom. The zero-order chi connectivity index (χ0) is 15.9. The van der Waals surface area contributed by atoms with Crippen LogP contribution in [0.1, 0.15) is 22.3 Å². The molecule has 3 heteroatoms. The second-order valence-electron chi connectivity index (χ2n) is 5.89. The van der Waals surface area contributed by atoms with Crippen LogP contribution in [-0.2, 0) is 24.3 Å². The molecule has 22 heavy (non-hydrogen) atoms. The molecule has 0 aliphatic carbocycles. The molecule has 0 radical (unpaired) electrons. The lowest BCUT2D eigenvalue weighted by Crippen LogP contribution is -2.25. The quantitative estimate of drug-likeness (QED) is 0.889. The third-order valence-corrected chi connectivity index (χ3v) is 3.69. The lowest BCUT2D eigenvalue weighted by atomic mass is 10.0. The van der Waals surface area contributed by atoms with E-state index in [2.05, 4.69) is 22.3 Å². The SMILES string of the molecule is Cc1ccccc1CC(=O)NCc1ccccc1CN(C)C. The van der Waals surface area contributed by atoms with Gasteiger partial charge >= 0.3 is 0 Å². The van der Waals surface area contributed by atoms with Gasteiger partial charge in [0.05, 0.1) is 6.42 Å². The molecule has 0 bridgehead atoms. The number of benzene rings is 2. The van der Waals surface area contributed by atoms with E-state index < -0.39 is 0 Å². The van der Waals surface area contributed by atoms with Crippen LogP contribution in [0.4, 0.5) is 0 Å². The minimum absolute atomic E-state index is 0.0638. The largest absolute Gasteiger partial charge is 0.352 e. The maximum Gasteiger partial charge on any atom is 0.224 e. The summed E-state index contributed by atoms with van der Waals surface area (Å²) in [6.07, 6.45) is 0.433. The molecule has 0 fully saturated rings. The van der Waals surface area contributed by atoms with Crippen LogP contribution < -0.4 is 5.32 Å². The van der Waals surface area contributed by atoms with Crippen LogP contribution in [-0.4, -0.2) is 24.9 Å². The number of hydrogen-bond donors (Lipinski definition) is 1. The molecule has 0 saturated heterocycles. The van der Waals surface area contributed by atoms with Crippen LogP contribution in [0.2, 0.25) is 0 Å². The fraction of sp³-hybridized carbons (Fsp3) is 0.316. The smallest absolute Gasteiger partial charge is 0.224 e. The third-order valence-electron chi connectivity index (χ3n) is 3.69. The van der Waals surface area contributed by atoms with Crippen molar-refractivity contribution in [2.75, 3.05) is 14.1 Å². The van der Waals surface area contributed by atoms with Gasteiger partial charge in [0.15, 0.2) is 0 Å². The highest BCUT2D eigenvalue weighted by molar-refractivity contribution is 5.78. The summed E-state index contributed by atoms with van der Waals surface area (Å²) in [7, 11) is 4.10. The molecule has 0 heterocycles.